The van der Waals surface area contributed by atoms with Crippen LogP contribution in [0.2, 0.25) is 0 Å². The topological polar surface area (TPSA) is 69.2 Å². The SMILES string of the molecule is c1ccc2nc(N[C@@H]3COCC[C@@H]3OCc3cscn3)cnc2c1. The number of thiazole rings is 1. The first-order valence-electron chi connectivity index (χ1n) is 7.93. The number of para-hydroxylation sites is 2. The van der Waals surface area contributed by atoms with Gasteiger partial charge in [-0.05, 0) is 18.6 Å². The number of rotatable bonds is 5. The fourth-order valence-corrected chi connectivity index (χ4v) is 3.31. The second kappa shape index (κ2) is 7.21. The van der Waals surface area contributed by atoms with Crippen molar-refractivity contribution in [3.8, 4) is 0 Å². The molecule has 3 aromatic rings. The summed E-state index contributed by atoms with van der Waals surface area (Å²) in [6.45, 7) is 1.83. The molecule has 1 aliphatic heterocycles. The Hall–Kier alpha value is -2.09. The van der Waals surface area contributed by atoms with Crippen LogP contribution in [0.1, 0.15) is 12.1 Å². The Morgan fingerprint density at radius 1 is 1.25 bits per heavy atom. The lowest BCUT2D eigenvalue weighted by Gasteiger charge is -2.32. The highest BCUT2D eigenvalue weighted by atomic mass is 32.1. The number of hydrogen-bond donors (Lipinski definition) is 1. The number of nitrogens with one attached hydrogen (secondary N) is 1. The number of nitrogens with zero attached hydrogens (tertiary/aromatic N) is 3. The fraction of sp³-hybridized carbons (Fsp3) is 0.353. The van der Waals surface area contributed by atoms with Crippen molar-refractivity contribution in [1.29, 1.82) is 0 Å². The number of hydrogen-bond acceptors (Lipinski definition) is 7. The monoisotopic (exact) mass is 342 g/mol. The number of anilines is 1. The quantitative estimate of drug-likeness (QED) is 0.769. The normalized spacial score (nSPS) is 21.0. The number of fused-ring (bicyclic) bond motifs is 1. The standard InChI is InChI=1S/C17H18N4O2S/c1-2-4-14-13(3-1)18-7-17(20-14)21-15-9-22-6-5-16(15)23-8-12-10-24-11-19-12/h1-4,7,10-11,15-16H,5-6,8-9H2,(H,20,21)/t15-,16+/m1/s1. The fourth-order valence-electron chi connectivity index (χ4n) is 2.77. The zero-order valence-electron chi connectivity index (χ0n) is 13.1. The van der Waals surface area contributed by atoms with Crippen molar-refractivity contribution >= 4 is 28.2 Å². The van der Waals surface area contributed by atoms with E-state index in [1.807, 2.05) is 35.2 Å². The van der Waals surface area contributed by atoms with Crippen LogP contribution in [0.3, 0.4) is 0 Å². The molecule has 1 saturated heterocycles. The minimum atomic E-state index is 0.0489. The molecule has 0 amide bonds. The van der Waals surface area contributed by atoms with Crippen molar-refractivity contribution in [1.82, 2.24) is 15.0 Å². The van der Waals surface area contributed by atoms with Gasteiger partial charge in [-0.3, -0.25) is 4.98 Å². The van der Waals surface area contributed by atoms with Gasteiger partial charge in [0.15, 0.2) is 0 Å². The van der Waals surface area contributed by atoms with Crippen LogP contribution in [0, 0.1) is 0 Å². The van der Waals surface area contributed by atoms with Gasteiger partial charge < -0.3 is 14.8 Å². The van der Waals surface area contributed by atoms with Crippen LogP contribution in [0.15, 0.2) is 41.4 Å². The summed E-state index contributed by atoms with van der Waals surface area (Å²) >= 11 is 1.58. The molecule has 2 atom stereocenters. The molecule has 1 N–H and O–H groups in total. The van der Waals surface area contributed by atoms with Gasteiger partial charge in [-0.15, -0.1) is 11.3 Å². The first-order valence-corrected chi connectivity index (χ1v) is 8.87. The summed E-state index contributed by atoms with van der Waals surface area (Å²) in [6.07, 6.45) is 2.67. The number of aromatic nitrogens is 3. The lowest BCUT2D eigenvalue weighted by Crippen LogP contribution is -2.44. The maximum Gasteiger partial charge on any atom is 0.145 e. The summed E-state index contributed by atoms with van der Waals surface area (Å²) in [5, 5.41) is 5.42. The lowest BCUT2D eigenvalue weighted by atomic mass is 10.1. The Kier molecular flexibility index (Phi) is 4.64. The molecule has 3 heterocycles. The summed E-state index contributed by atoms with van der Waals surface area (Å²) in [6, 6.07) is 7.88. The van der Waals surface area contributed by atoms with Crippen LogP contribution >= 0.6 is 11.3 Å². The van der Waals surface area contributed by atoms with Crippen LogP contribution in [-0.2, 0) is 16.1 Å². The van der Waals surface area contributed by atoms with Crippen LogP contribution in [0.4, 0.5) is 5.82 Å². The lowest BCUT2D eigenvalue weighted by molar-refractivity contribution is -0.0486. The molecule has 2 aromatic heterocycles. The molecule has 24 heavy (non-hydrogen) atoms. The Bertz CT molecular complexity index is 796. The van der Waals surface area contributed by atoms with Crippen molar-refractivity contribution < 1.29 is 9.47 Å². The second-order valence-electron chi connectivity index (χ2n) is 5.69. The van der Waals surface area contributed by atoms with Gasteiger partial charge in [-0.25, -0.2) is 9.97 Å². The van der Waals surface area contributed by atoms with E-state index in [1.165, 1.54) is 0 Å². The molecule has 4 rings (SSSR count). The molecular formula is C17H18N4O2S. The van der Waals surface area contributed by atoms with Crippen molar-refractivity contribution in [2.75, 3.05) is 18.5 Å². The molecule has 6 nitrogen and oxygen atoms in total. The average Bonchev–Trinajstić information content (AvgIpc) is 3.14. The van der Waals surface area contributed by atoms with Crippen molar-refractivity contribution in [2.24, 2.45) is 0 Å². The molecule has 0 radical (unpaired) electrons. The van der Waals surface area contributed by atoms with E-state index < -0.39 is 0 Å². The van der Waals surface area contributed by atoms with E-state index in [2.05, 4.69) is 20.3 Å². The molecule has 0 bridgehead atoms. The number of ether oxygens (including phenoxy) is 2. The highest BCUT2D eigenvalue weighted by molar-refractivity contribution is 7.07. The molecule has 1 aliphatic rings. The second-order valence-corrected chi connectivity index (χ2v) is 6.41. The van der Waals surface area contributed by atoms with E-state index in [1.54, 1.807) is 17.5 Å². The van der Waals surface area contributed by atoms with Crippen molar-refractivity contribution in [3.63, 3.8) is 0 Å². The maximum absolute atomic E-state index is 6.05. The average molecular weight is 342 g/mol. The van der Waals surface area contributed by atoms with E-state index >= 15 is 0 Å². The van der Waals surface area contributed by atoms with Crippen LogP contribution < -0.4 is 5.32 Å². The van der Waals surface area contributed by atoms with Crippen molar-refractivity contribution in [2.45, 2.75) is 25.2 Å². The van der Waals surface area contributed by atoms with Crippen LogP contribution in [0.25, 0.3) is 11.0 Å². The van der Waals surface area contributed by atoms with E-state index in [9.17, 15) is 0 Å². The first kappa shape index (κ1) is 15.4. The third-order valence-electron chi connectivity index (χ3n) is 4.00. The van der Waals surface area contributed by atoms with Gasteiger partial charge in [0, 0.05) is 12.0 Å². The minimum absolute atomic E-state index is 0.0489. The molecular weight excluding hydrogens is 324 g/mol. The van der Waals surface area contributed by atoms with Gasteiger partial charge in [-0.2, -0.15) is 0 Å². The third-order valence-corrected chi connectivity index (χ3v) is 4.64. The Morgan fingerprint density at radius 2 is 2.17 bits per heavy atom. The van der Waals surface area contributed by atoms with Crippen molar-refractivity contribution in [3.05, 3.63) is 47.0 Å². The third kappa shape index (κ3) is 3.53. The highest BCUT2D eigenvalue weighted by Gasteiger charge is 2.27. The first-order chi connectivity index (χ1) is 11.9. The molecule has 1 aromatic carbocycles. The Balaban J connectivity index is 1.45. The summed E-state index contributed by atoms with van der Waals surface area (Å²) in [5.74, 6) is 0.742. The molecule has 0 unspecified atom stereocenters. The summed E-state index contributed by atoms with van der Waals surface area (Å²) in [4.78, 5) is 13.3. The van der Waals surface area contributed by atoms with Gasteiger partial charge in [0.05, 0.1) is 53.8 Å². The largest absolute Gasteiger partial charge is 0.379 e. The Labute approximate surface area is 143 Å². The van der Waals surface area contributed by atoms with E-state index in [-0.39, 0.29) is 12.1 Å². The summed E-state index contributed by atoms with van der Waals surface area (Å²) < 4.78 is 11.7. The van der Waals surface area contributed by atoms with Gasteiger partial charge in [0.1, 0.15) is 5.82 Å². The molecule has 0 aliphatic carbocycles. The highest BCUT2D eigenvalue weighted by Crippen LogP contribution is 2.19. The smallest absolute Gasteiger partial charge is 0.145 e. The molecule has 124 valence electrons. The van der Waals surface area contributed by atoms with Gasteiger partial charge in [0.2, 0.25) is 0 Å². The van der Waals surface area contributed by atoms with E-state index in [0.717, 1.165) is 29.0 Å². The Morgan fingerprint density at radius 3 is 3.04 bits per heavy atom. The predicted octanol–water partition coefficient (Wildman–Crippen LogP) is 2.87. The number of benzene rings is 1. The summed E-state index contributed by atoms with van der Waals surface area (Å²) in [5.41, 5.74) is 4.55. The molecule has 7 heteroatoms. The predicted molar refractivity (Wildman–Crippen MR) is 93.1 cm³/mol. The van der Waals surface area contributed by atoms with Gasteiger partial charge in [0.25, 0.3) is 0 Å². The van der Waals surface area contributed by atoms with Gasteiger partial charge >= 0.3 is 0 Å². The van der Waals surface area contributed by atoms with E-state index in [0.29, 0.717) is 19.8 Å². The molecule has 1 fully saturated rings. The van der Waals surface area contributed by atoms with Crippen LogP contribution in [-0.4, -0.2) is 40.3 Å². The van der Waals surface area contributed by atoms with Crippen LogP contribution in [0.5, 0.6) is 0 Å². The van der Waals surface area contributed by atoms with E-state index in [4.69, 9.17) is 9.47 Å². The molecule has 0 spiro atoms. The zero-order chi connectivity index (χ0) is 16.2. The zero-order valence-corrected chi connectivity index (χ0v) is 13.9. The maximum atomic E-state index is 6.05. The minimum Gasteiger partial charge on any atom is -0.379 e. The van der Waals surface area contributed by atoms with Gasteiger partial charge in [-0.1, -0.05) is 12.1 Å². The summed E-state index contributed by atoms with van der Waals surface area (Å²) in [7, 11) is 0. The molecule has 0 saturated carbocycles.